The van der Waals surface area contributed by atoms with E-state index in [0.29, 0.717) is 19.3 Å². The van der Waals surface area contributed by atoms with E-state index in [9.17, 15) is 14.4 Å². The number of aliphatic carboxylic acids is 6. The molecular weight excluding hydrogens is 408 g/mol. The van der Waals surface area contributed by atoms with Gasteiger partial charge in [-0.25, -0.2) is 0 Å². The van der Waals surface area contributed by atoms with Crippen molar-refractivity contribution in [2.45, 2.75) is 80.1 Å². The molecule has 0 aliphatic rings. The molecule has 0 saturated carbocycles. The van der Waals surface area contributed by atoms with Gasteiger partial charge in [-0.1, -0.05) is 20.8 Å². The SMILES string of the molecule is CC(=O)O.CC(=O)O.CC(=O)O.CCCC(=O)O.CCCC(=O)O.CCCC(=O)O. The Morgan fingerprint density at radius 2 is 0.533 bits per heavy atom. The highest BCUT2D eigenvalue weighted by molar-refractivity contribution is 5.67. The molecule has 0 aromatic rings. The quantitative estimate of drug-likeness (QED) is 0.348. The van der Waals surface area contributed by atoms with Crippen molar-refractivity contribution in [3.05, 3.63) is 0 Å². The fourth-order valence-corrected chi connectivity index (χ4v) is 0.642. The molecule has 0 aromatic heterocycles. The molecule has 0 fully saturated rings. The van der Waals surface area contributed by atoms with Gasteiger partial charge in [0.25, 0.3) is 17.9 Å². The average Bonchev–Trinajstić information content (AvgIpc) is 2.45. The highest BCUT2D eigenvalue weighted by Crippen LogP contribution is 1.83. The molecule has 0 aromatic carbocycles. The van der Waals surface area contributed by atoms with Gasteiger partial charge in [-0.3, -0.25) is 28.8 Å². The van der Waals surface area contributed by atoms with E-state index in [-0.39, 0.29) is 0 Å². The normalized spacial score (nSPS) is 7.40. The Hall–Kier alpha value is -3.18. The third-order valence-electron chi connectivity index (χ3n) is 1.39. The number of hydrogen-bond acceptors (Lipinski definition) is 6. The molecule has 6 N–H and O–H groups in total. The zero-order chi connectivity index (χ0) is 25.7. The second kappa shape index (κ2) is 36.7. The van der Waals surface area contributed by atoms with Crippen LogP contribution in [0.15, 0.2) is 0 Å². The summed E-state index contributed by atoms with van der Waals surface area (Å²) in [6.07, 6.45) is 3.07. The fraction of sp³-hybridized carbons (Fsp3) is 0.667. The molecule has 0 spiro atoms. The predicted octanol–water partition coefficient (Wildman–Crippen LogP) is 2.89. The Morgan fingerprint density at radius 3 is 0.533 bits per heavy atom. The number of carbonyl (C=O) groups is 6. The first-order valence-corrected chi connectivity index (χ1v) is 8.75. The smallest absolute Gasteiger partial charge is 0.303 e. The Morgan fingerprint density at radius 1 is 0.433 bits per heavy atom. The molecule has 0 heterocycles. The van der Waals surface area contributed by atoms with Crippen molar-refractivity contribution in [3.63, 3.8) is 0 Å². The number of carboxylic acid groups (broad SMARTS) is 6. The minimum absolute atomic E-state index is 0.292. The van der Waals surface area contributed by atoms with Crippen LogP contribution in [0.2, 0.25) is 0 Å². The summed E-state index contributed by atoms with van der Waals surface area (Å²) >= 11 is 0. The van der Waals surface area contributed by atoms with Crippen LogP contribution in [-0.4, -0.2) is 66.5 Å². The van der Waals surface area contributed by atoms with Gasteiger partial charge in [-0.2, -0.15) is 0 Å². The zero-order valence-corrected chi connectivity index (χ0v) is 18.4. The van der Waals surface area contributed by atoms with Crippen LogP contribution in [0.4, 0.5) is 0 Å². The monoisotopic (exact) mass is 444 g/mol. The van der Waals surface area contributed by atoms with E-state index in [4.69, 9.17) is 45.0 Å². The molecule has 12 heteroatoms. The molecule has 0 aliphatic carbocycles. The van der Waals surface area contributed by atoms with Crippen molar-refractivity contribution < 1.29 is 59.4 Å². The topological polar surface area (TPSA) is 224 Å². The Kier molecular flexibility index (Phi) is 50.5. The van der Waals surface area contributed by atoms with Gasteiger partial charge in [0, 0.05) is 40.0 Å². The van der Waals surface area contributed by atoms with Crippen LogP contribution in [0.1, 0.15) is 80.1 Å². The lowest BCUT2D eigenvalue weighted by atomic mass is 10.4. The average molecular weight is 444 g/mol. The van der Waals surface area contributed by atoms with Gasteiger partial charge in [0.15, 0.2) is 0 Å². The lowest BCUT2D eigenvalue weighted by Crippen LogP contribution is -1.90. The van der Waals surface area contributed by atoms with Gasteiger partial charge < -0.3 is 30.6 Å². The molecule has 0 rings (SSSR count). The molecule has 0 radical (unpaired) electrons. The fourth-order valence-electron chi connectivity index (χ4n) is 0.642. The van der Waals surface area contributed by atoms with Gasteiger partial charge in [0.2, 0.25) is 0 Å². The first-order valence-electron chi connectivity index (χ1n) is 8.75. The predicted molar refractivity (Wildman–Crippen MR) is 108 cm³/mol. The lowest BCUT2D eigenvalue weighted by molar-refractivity contribution is -0.138. The second-order valence-corrected chi connectivity index (χ2v) is 4.99. The molecule has 30 heavy (non-hydrogen) atoms. The maximum Gasteiger partial charge on any atom is 0.303 e. The highest BCUT2D eigenvalue weighted by atomic mass is 16.4. The number of carboxylic acids is 6. The highest BCUT2D eigenvalue weighted by Gasteiger charge is 1.88. The standard InChI is InChI=1S/3C4H8O2.3C2H4O2/c3*1-2-3-4(5)6;3*1-2(3)4/h3*2-3H2,1H3,(H,5,6);3*1H3,(H,3,4). The summed E-state index contributed by atoms with van der Waals surface area (Å²) in [7, 11) is 0. The Labute approximate surface area is 176 Å². The summed E-state index contributed by atoms with van der Waals surface area (Å²) in [6, 6.07) is 0. The summed E-state index contributed by atoms with van der Waals surface area (Å²) in [5, 5.41) is 46.0. The van der Waals surface area contributed by atoms with Crippen LogP contribution < -0.4 is 0 Å². The van der Waals surface area contributed by atoms with Crippen molar-refractivity contribution in [2.75, 3.05) is 0 Å². The first-order chi connectivity index (χ1) is 13.5. The summed E-state index contributed by atoms with van der Waals surface area (Å²) in [4.78, 5) is 55.8. The van der Waals surface area contributed by atoms with Gasteiger partial charge >= 0.3 is 17.9 Å². The van der Waals surface area contributed by atoms with Gasteiger partial charge in [0.1, 0.15) is 0 Å². The summed E-state index contributed by atoms with van der Waals surface area (Å²) in [5.74, 6) is -4.63. The molecule has 180 valence electrons. The minimum Gasteiger partial charge on any atom is -0.481 e. The van der Waals surface area contributed by atoms with Crippen LogP contribution in [-0.2, 0) is 28.8 Å². The molecule has 0 amide bonds. The zero-order valence-electron chi connectivity index (χ0n) is 18.4. The first kappa shape index (κ1) is 41.2. The van der Waals surface area contributed by atoms with Gasteiger partial charge in [0.05, 0.1) is 0 Å². The molecule has 0 unspecified atom stereocenters. The van der Waals surface area contributed by atoms with Crippen LogP contribution in [0.3, 0.4) is 0 Å². The van der Waals surface area contributed by atoms with E-state index in [1.165, 1.54) is 0 Å². The maximum atomic E-state index is 9.60. The van der Waals surface area contributed by atoms with Crippen molar-refractivity contribution in [2.24, 2.45) is 0 Å². The van der Waals surface area contributed by atoms with Crippen molar-refractivity contribution in [1.29, 1.82) is 0 Å². The molecule has 0 aliphatic heterocycles. The molecular formula is C18H36O12. The van der Waals surface area contributed by atoms with E-state index in [1.54, 1.807) is 0 Å². The van der Waals surface area contributed by atoms with Crippen LogP contribution >= 0.6 is 0 Å². The number of rotatable bonds is 6. The van der Waals surface area contributed by atoms with Crippen molar-refractivity contribution in [3.8, 4) is 0 Å². The second-order valence-electron chi connectivity index (χ2n) is 4.99. The molecule has 0 bridgehead atoms. The van der Waals surface area contributed by atoms with Gasteiger partial charge in [-0.05, 0) is 19.3 Å². The van der Waals surface area contributed by atoms with Crippen LogP contribution in [0.5, 0.6) is 0 Å². The van der Waals surface area contributed by atoms with Gasteiger partial charge in [-0.15, -0.1) is 0 Å². The van der Waals surface area contributed by atoms with E-state index >= 15 is 0 Å². The van der Waals surface area contributed by atoms with E-state index in [1.807, 2.05) is 20.8 Å². The van der Waals surface area contributed by atoms with Crippen molar-refractivity contribution in [1.82, 2.24) is 0 Å². The lowest BCUT2D eigenvalue weighted by Gasteiger charge is -1.79. The molecule has 0 atom stereocenters. The summed E-state index contributed by atoms with van der Waals surface area (Å²) < 4.78 is 0. The van der Waals surface area contributed by atoms with Crippen LogP contribution in [0.25, 0.3) is 0 Å². The summed E-state index contributed by atoms with van der Waals surface area (Å²) in [6.45, 7) is 8.77. The third-order valence-corrected chi connectivity index (χ3v) is 1.39. The molecule has 12 nitrogen and oxygen atoms in total. The summed E-state index contributed by atoms with van der Waals surface area (Å²) in [5.41, 5.74) is 0. The van der Waals surface area contributed by atoms with E-state index < -0.39 is 35.8 Å². The number of hydrogen-bond donors (Lipinski definition) is 6. The van der Waals surface area contributed by atoms with E-state index in [0.717, 1.165) is 40.0 Å². The minimum atomic E-state index is -0.833. The Balaban J connectivity index is -0.0000000583. The Bertz CT molecular complexity index is 380. The third kappa shape index (κ3) is 416. The maximum absolute atomic E-state index is 9.60. The largest absolute Gasteiger partial charge is 0.481 e. The molecule has 0 saturated heterocycles. The van der Waals surface area contributed by atoms with Crippen LogP contribution in [0, 0.1) is 0 Å². The van der Waals surface area contributed by atoms with E-state index in [2.05, 4.69) is 0 Å². The van der Waals surface area contributed by atoms with Crippen molar-refractivity contribution >= 4 is 35.8 Å².